The SMILES string of the molecule is Cc1cncc(NC(=O)CC=C2c3ccccc3C=Cc3ccccc32)c1. The molecule has 0 spiro atoms. The molecule has 0 atom stereocenters. The summed E-state index contributed by atoms with van der Waals surface area (Å²) >= 11 is 0. The Morgan fingerprint density at radius 1 is 0.963 bits per heavy atom. The Labute approximate surface area is 159 Å². The molecule has 0 saturated carbocycles. The molecule has 3 heteroatoms. The van der Waals surface area contributed by atoms with Gasteiger partial charge < -0.3 is 5.32 Å². The van der Waals surface area contributed by atoms with Crippen LogP contribution in [0, 0.1) is 6.92 Å². The Hall–Kier alpha value is -3.46. The summed E-state index contributed by atoms with van der Waals surface area (Å²) in [5.41, 5.74) is 7.42. The van der Waals surface area contributed by atoms with Crippen molar-refractivity contribution in [3.63, 3.8) is 0 Å². The molecule has 0 fully saturated rings. The maximum absolute atomic E-state index is 12.5. The van der Waals surface area contributed by atoms with Crippen LogP contribution in [-0.4, -0.2) is 10.9 Å². The summed E-state index contributed by atoms with van der Waals surface area (Å²) in [4.78, 5) is 16.6. The van der Waals surface area contributed by atoms with Crippen molar-refractivity contribution in [2.75, 3.05) is 5.32 Å². The molecule has 0 bridgehead atoms. The molecule has 0 aliphatic heterocycles. The van der Waals surface area contributed by atoms with Crippen LogP contribution >= 0.6 is 0 Å². The van der Waals surface area contributed by atoms with Gasteiger partial charge in [-0.25, -0.2) is 0 Å². The summed E-state index contributed by atoms with van der Waals surface area (Å²) in [5, 5.41) is 2.92. The highest BCUT2D eigenvalue weighted by Crippen LogP contribution is 2.33. The second kappa shape index (κ2) is 7.42. The highest BCUT2D eigenvalue weighted by atomic mass is 16.1. The highest BCUT2D eigenvalue weighted by Gasteiger charge is 2.14. The average molecular weight is 352 g/mol. The number of carbonyl (C=O) groups is 1. The largest absolute Gasteiger partial charge is 0.324 e. The van der Waals surface area contributed by atoms with Gasteiger partial charge in [0.15, 0.2) is 0 Å². The molecule has 132 valence electrons. The van der Waals surface area contributed by atoms with Gasteiger partial charge in [0.1, 0.15) is 0 Å². The molecule has 4 rings (SSSR count). The zero-order valence-corrected chi connectivity index (χ0v) is 15.1. The summed E-state index contributed by atoms with van der Waals surface area (Å²) in [6.45, 7) is 1.96. The Kier molecular flexibility index (Phi) is 4.67. The molecule has 2 aromatic carbocycles. The summed E-state index contributed by atoms with van der Waals surface area (Å²) in [6, 6.07) is 18.5. The lowest BCUT2D eigenvalue weighted by atomic mass is 9.93. The van der Waals surface area contributed by atoms with Crippen LogP contribution in [-0.2, 0) is 4.79 Å². The predicted molar refractivity (Wildman–Crippen MR) is 111 cm³/mol. The standard InChI is InChI=1S/C24H20N2O/c1-17-14-20(16-25-15-17)26-24(27)13-12-23-21-8-4-2-6-18(21)10-11-19-7-3-5-9-22(19)23/h2-12,14-16H,13H2,1H3,(H,26,27). The van der Waals surface area contributed by atoms with Crippen LogP contribution in [0.3, 0.4) is 0 Å². The number of anilines is 1. The van der Waals surface area contributed by atoms with E-state index in [9.17, 15) is 4.79 Å². The molecule has 1 aliphatic rings. The number of aromatic nitrogens is 1. The second-order valence-corrected chi connectivity index (χ2v) is 6.63. The van der Waals surface area contributed by atoms with Gasteiger partial charge in [0.05, 0.1) is 11.9 Å². The first-order valence-electron chi connectivity index (χ1n) is 8.99. The number of nitrogens with zero attached hydrogens (tertiary/aromatic N) is 1. The van der Waals surface area contributed by atoms with E-state index in [2.05, 4.69) is 46.7 Å². The van der Waals surface area contributed by atoms with Gasteiger partial charge in [-0.3, -0.25) is 9.78 Å². The number of rotatable bonds is 3. The van der Waals surface area contributed by atoms with Crippen LogP contribution in [0.1, 0.15) is 34.2 Å². The molecular weight excluding hydrogens is 332 g/mol. The maximum Gasteiger partial charge on any atom is 0.228 e. The fourth-order valence-corrected chi connectivity index (χ4v) is 3.35. The number of fused-ring (bicyclic) bond motifs is 2. The van der Waals surface area contributed by atoms with Crippen molar-refractivity contribution < 1.29 is 4.79 Å². The molecule has 1 heterocycles. The molecule has 0 saturated heterocycles. The summed E-state index contributed by atoms with van der Waals surface area (Å²) in [5.74, 6) is -0.0536. The van der Waals surface area contributed by atoms with Gasteiger partial charge in [0.25, 0.3) is 0 Å². The van der Waals surface area contributed by atoms with Gasteiger partial charge in [0.2, 0.25) is 5.91 Å². The lowest BCUT2D eigenvalue weighted by Gasteiger charge is -2.12. The predicted octanol–water partition coefficient (Wildman–Crippen LogP) is 5.33. The van der Waals surface area contributed by atoms with E-state index in [1.54, 1.807) is 12.4 Å². The smallest absolute Gasteiger partial charge is 0.228 e. The van der Waals surface area contributed by atoms with Crippen LogP contribution in [0.25, 0.3) is 17.7 Å². The van der Waals surface area contributed by atoms with Crippen molar-refractivity contribution in [2.45, 2.75) is 13.3 Å². The van der Waals surface area contributed by atoms with E-state index in [0.717, 1.165) is 39.1 Å². The normalized spacial score (nSPS) is 12.0. The minimum absolute atomic E-state index is 0.0536. The number of benzene rings is 2. The Balaban J connectivity index is 1.66. The third-order valence-corrected chi connectivity index (χ3v) is 4.59. The van der Waals surface area contributed by atoms with Crippen molar-refractivity contribution in [3.05, 3.63) is 101 Å². The maximum atomic E-state index is 12.5. The van der Waals surface area contributed by atoms with Crippen molar-refractivity contribution in [1.29, 1.82) is 0 Å². The van der Waals surface area contributed by atoms with Gasteiger partial charge in [-0.1, -0.05) is 66.8 Å². The number of carbonyl (C=O) groups excluding carboxylic acids is 1. The van der Waals surface area contributed by atoms with Crippen LogP contribution in [0.15, 0.2) is 73.1 Å². The zero-order chi connectivity index (χ0) is 18.6. The van der Waals surface area contributed by atoms with Crippen LogP contribution in [0.2, 0.25) is 0 Å². The number of amides is 1. The zero-order valence-electron chi connectivity index (χ0n) is 15.1. The van der Waals surface area contributed by atoms with Crippen molar-refractivity contribution >= 4 is 29.3 Å². The van der Waals surface area contributed by atoms with E-state index in [1.807, 2.05) is 43.3 Å². The monoisotopic (exact) mass is 352 g/mol. The second-order valence-electron chi connectivity index (χ2n) is 6.63. The minimum Gasteiger partial charge on any atom is -0.324 e. The third kappa shape index (κ3) is 3.72. The molecule has 1 N–H and O–H groups in total. The molecular formula is C24H20N2O. The summed E-state index contributed by atoms with van der Waals surface area (Å²) < 4.78 is 0. The first-order valence-corrected chi connectivity index (χ1v) is 8.99. The van der Waals surface area contributed by atoms with Gasteiger partial charge in [-0.15, -0.1) is 0 Å². The number of hydrogen-bond donors (Lipinski definition) is 1. The topological polar surface area (TPSA) is 42.0 Å². The van der Waals surface area contributed by atoms with E-state index in [0.29, 0.717) is 6.42 Å². The van der Waals surface area contributed by atoms with Gasteiger partial charge in [0, 0.05) is 12.6 Å². The molecule has 3 nitrogen and oxygen atoms in total. The number of aryl methyl sites for hydroxylation is 1. The van der Waals surface area contributed by atoms with E-state index < -0.39 is 0 Å². The fraction of sp³-hybridized carbons (Fsp3) is 0.0833. The molecule has 0 unspecified atom stereocenters. The summed E-state index contributed by atoms with van der Waals surface area (Å²) in [7, 11) is 0. The number of pyridine rings is 1. The Morgan fingerprint density at radius 3 is 2.22 bits per heavy atom. The first-order chi connectivity index (χ1) is 13.2. The highest BCUT2D eigenvalue weighted by molar-refractivity contribution is 5.97. The molecule has 1 aromatic heterocycles. The van der Waals surface area contributed by atoms with Crippen LogP contribution < -0.4 is 5.32 Å². The van der Waals surface area contributed by atoms with Crippen molar-refractivity contribution in [1.82, 2.24) is 4.98 Å². The average Bonchev–Trinajstić information content (AvgIpc) is 2.83. The van der Waals surface area contributed by atoms with Gasteiger partial charge >= 0.3 is 0 Å². The lowest BCUT2D eigenvalue weighted by Crippen LogP contribution is -2.10. The lowest BCUT2D eigenvalue weighted by molar-refractivity contribution is -0.115. The van der Waals surface area contributed by atoms with E-state index in [1.165, 1.54) is 0 Å². The number of hydrogen-bond acceptors (Lipinski definition) is 2. The molecule has 1 aliphatic carbocycles. The van der Waals surface area contributed by atoms with Crippen molar-refractivity contribution in [3.8, 4) is 0 Å². The Morgan fingerprint density at radius 2 is 1.59 bits per heavy atom. The third-order valence-electron chi connectivity index (χ3n) is 4.59. The van der Waals surface area contributed by atoms with E-state index in [4.69, 9.17) is 0 Å². The van der Waals surface area contributed by atoms with Crippen LogP contribution in [0.4, 0.5) is 5.69 Å². The summed E-state index contributed by atoms with van der Waals surface area (Å²) in [6.07, 6.45) is 10.0. The first kappa shape index (κ1) is 17.0. The van der Waals surface area contributed by atoms with Gasteiger partial charge in [-0.2, -0.15) is 0 Å². The quantitative estimate of drug-likeness (QED) is 0.541. The number of nitrogens with one attached hydrogen (secondary N) is 1. The van der Waals surface area contributed by atoms with Gasteiger partial charge in [-0.05, 0) is 46.4 Å². The molecule has 27 heavy (non-hydrogen) atoms. The van der Waals surface area contributed by atoms with Crippen molar-refractivity contribution in [2.24, 2.45) is 0 Å². The fourth-order valence-electron chi connectivity index (χ4n) is 3.35. The van der Waals surface area contributed by atoms with E-state index in [-0.39, 0.29) is 5.91 Å². The Bertz CT molecular complexity index is 1010. The van der Waals surface area contributed by atoms with E-state index >= 15 is 0 Å². The minimum atomic E-state index is -0.0536. The molecule has 3 aromatic rings. The molecule has 1 amide bonds. The van der Waals surface area contributed by atoms with Crippen LogP contribution in [0.5, 0.6) is 0 Å². The molecule has 0 radical (unpaired) electrons.